The second-order valence-electron chi connectivity index (χ2n) is 3.96. The Balaban J connectivity index is 2.08. The molecule has 0 atom stereocenters. The van der Waals surface area contributed by atoms with Crippen molar-refractivity contribution < 1.29 is 4.74 Å². The van der Waals surface area contributed by atoms with Gasteiger partial charge >= 0.3 is 0 Å². The minimum absolute atomic E-state index is 0.484. The number of halogens is 1. The van der Waals surface area contributed by atoms with Crippen LogP contribution in [0.1, 0.15) is 16.3 Å². The Morgan fingerprint density at radius 3 is 2.94 bits per heavy atom. The quantitative estimate of drug-likeness (QED) is 0.916. The summed E-state index contributed by atoms with van der Waals surface area (Å²) >= 11 is 7.57. The first-order chi connectivity index (χ1) is 8.69. The zero-order valence-electron chi connectivity index (χ0n) is 10.1. The molecule has 2 rings (SSSR count). The molecule has 2 N–H and O–H groups in total. The second kappa shape index (κ2) is 6.18. The lowest BCUT2D eigenvalue weighted by Gasteiger charge is -2.10. The fourth-order valence-electron chi connectivity index (χ4n) is 1.65. The predicted octanol–water partition coefficient (Wildman–Crippen LogP) is 3.19. The van der Waals surface area contributed by atoms with Crippen LogP contribution in [0, 0.1) is 6.92 Å². The zero-order valence-corrected chi connectivity index (χ0v) is 11.7. The van der Waals surface area contributed by atoms with E-state index in [9.17, 15) is 0 Å². The van der Waals surface area contributed by atoms with Crippen LogP contribution in [-0.2, 0) is 13.0 Å². The Bertz CT molecular complexity index is 527. The third kappa shape index (κ3) is 3.45. The molecule has 0 aliphatic heterocycles. The first-order valence-corrected chi connectivity index (χ1v) is 6.97. The molecule has 0 fully saturated rings. The van der Waals surface area contributed by atoms with Gasteiger partial charge in [0.2, 0.25) is 0 Å². The summed E-state index contributed by atoms with van der Waals surface area (Å²) in [6.07, 6.45) is 0.757. The number of benzene rings is 1. The maximum atomic E-state index is 5.97. The normalized spacial score (nSPS) is 10.6. The monoisotopic (exact) mass is 282 g/mol. The number of aryl methyl sites for hydroxylation is 1. The van der Waals surface area contributed by atoms with Crippen molar-refractivity contribution in [2.75, 3.05) is 6.54 Å². The predicted molar refractivity (Wildman–Crippen MR) is 75.4 cm³/mol. The first kappa shape index (κ1) is 13.3. The van der Waals surface area contributed by atoms with Crippen LogP contribution in [0.25, 0.3) is 0 Å². The van der Waals surface area contributed by atoms with Crippen molar-refractivity contribution in [3.8, 4) is 5.75 Å². The lowest BCUT2D eigenvalue weighted by atomic mass is 10.1. The Morgan fingerprint density at radius 1 is 1.44 bits per heavy atom. The van der Waals surface area contributed by atoms with Crippen molar-refractivity contribution >= 4 is 22.9 Å². The van der Waals surface area contributed by atoms with E-state index in [1.54, 1.807) is 11.3 Å². The average Bonchev–Trinajstić information content (AvgIpc) is 2.75. The van der Waals surface area contributed by atoms with Gasteiger partial charge in [0.05, 0.1) is 0 Å². The summed E-state index contributed by atoms with van der Waals surface area (Å²) in [6.45, 7) is 3.03. The molecule has 96 valence electrons. The SMILES string of the molecule is Cc1csc(COc2ccc(Cl)cc2CCN)n1. The van der Waals surface area contributed by atoms with Gasteiger partial charge in [0.25, 0.3) is 0 Å². The van der Waals surface area contributed by atoms with Gasteiger partial charge in [-0.05, 0) is 43.7 Å². The molecule has 3 nitrogen and oxygen atoms in total. The molecule has 1 aromatic heterocycles. The van der Waals surface area contributed by atoms with Gasteiger partial charge in [-0.3, -0.25) is 0 Å². The fourth-order valence-corrected chi connectivity index (χ4v) is 2.53. The van der Waals surface area contributed by atoms with E-state index in [2.05, 4.69) is 4.98 Å². The summed E-state index contributed by atoms with van der Waals surface area (Å²) in [5.74, 6) is 0.831. The molecule has 0 bridgehead atoms. The fraction of sp³-hybridized carbons (Fsp3) is 0.308. The number of ether oxygens (including phenoxy) is 1. The summed E-state index contributed by atoms with van der Waals surface area (Å²) in [4.78, 5) is 4.36. The van der Waals surface area contributed by atoms with E-state index >= 15 is 0 Å². The van der Waals surface area contributed by atoms with Gasteiger partial charge in [0.1, 0.15) is 17.4 Å². The van der Waals surface area contributed by atoms with Gasteiger partial charge in [-0.2, -0.15) is 0 Å². The maximum Gasteiger partial charge on any atom is 0.140 e. The molecule has 18 heavy (non-hydrogen) atoms. The van der Waals surface area contributed by atoms with Crippen molar-refractivity contribution in [3.05, 3.63) is 44.9 Å². The molecular formula is C13H15ClN2OS. The van der Waals surface area contributed by atoms with E-state index in [0.717, 1.165) is 28.4 Å². The molecule has 0 amide bonds. The number of nitrogens with two attached hydrogens (primary N) is 1. The Hall–Kier alpha value is -1.10. The first-order valence-electron chi connectivity index (χ1n) is 5.71. The number of hydrogen-bond donors (Lipinski definition) is 1. The van der Waals surface area contributed by atoms with Crippen LogP contribution in [0.2, 0.25) is 5.02 Å². The Morgan fingerprint density at radius 2 is 2.28 bits per heavy atom. The third-order valence-corrected chi connectivity index (χ3v) is 3.63. The lowest BCUT2D eigenvalue weighted by Crippen LogP contribution is -2.05. The van der Waals surface area contributed by atoms with Crippen LogP contribution >= 0.6 is 22.9 Å². The molecule has 0 spiro atoms. The second-order valence-corrected chi connectivity index (χ2v) is 5.34. The van der Waals surface area contributed by atoms with Crippen LogP contribution in [0.5, 0.6) is 5.75 Å². The van der Waals surface area contributed by atoms with Crippen LogP contribution in [0.15, 0.2) is 23.6 Å². The standard InChI is InChI=1S/C13H15ClN2OS/c1-9-8-18-13(16-9)7-17-12-3-2-11(14)6-10(12)4-5-15/h2-3,6,8H,4-5,7,15H2,1H3. The van der Waals surface area contributed by atoms with Gasteiger partial charge in [0.15, 0.2) is 0 Å². The van der Waals surface area contributed by atoms with Crippen molar-refractivity contribution in [2.45, 2.75) is 20.0 Å². The highest BCUT2D eigenvalue weighted by molar-refractivity contribution is 7.09. The van der Waals surface area contributed by atoms with E-state index in [0.29, 0.717) is 18.2 Å². The van der Waals surface area contributed by atoms with Crippen molar-refractivity contribution in [3.63, 3.8) is 0 Å². The van der Waals surface area contributed by atoms with Crippen LogP contribution < -0.4 is 10.5 Å². The highest BCUT2D eigenvalue weighted by atomic mass is 35.5. The maximum absolute atomic E-state index is 5.97. The topological polar surface area (TPSA) is 48.1 Å². The van der Waals surface area contributed by atoms with Gasteiger partial charge in [0, 0.05) is 16.1 Å². The van der Waals surface area contributed by atoms with Crippen LogP contribution in [-0.4, -0.2) is 11.5 Å². The van der Waals surface area contributed by atoms with E-state index in [1.165, 1.54) is 0 Å². The van der Waals surface area contributed by atoms with Crippen LogP contribution in [0.4, 0.5) is 0 Å². The largest absolute Gasteiger partial charge is 0.486 e. The summed E-state index contributed by atoms with van der Waals surface area (Å²) < 4.78 is 5.78. The molecule has 1 heterocycles. The van der Waals surface area contributed by atoms with Gasteiger partial charge in [-0.1, -0.05) is 11.6 Å². The third-order valence-electron chi connectivity index (χ3n) is 2.45. The number of rotatable bonds is 5. The number of hydrogen-bond acceptors (Lipinski definition) is 4. The molecule has 2 aromatic rings. The van der Waals surface area contributed by atoms with Gasteiger partial charge < -0.3 is 10.5 Å². The highest BCUT2D eigenvalue weighted by Crippen LogP contribution is 2.24. The summed E-state index contributed by atoms with van der Waals surface area (Å²) in [5.41, 5.74) is 7.65. The van der Waals surface area contributed by atoms with Crippen molar-refractivity contribution in [2.24, 2.45) is 5.73 Å². The molecule has 0 radical (unpaired) electrons. The smallest absolute Gasteiger partial charge is 0.140 e. The van der Waals surface area contributed by atoms with E-state index < -0.39 is 0 Å². The van der Waals surface area contributed by atoms with E-state index in [1.807, 2.05) is 30.5 Å². The van der Waals surface area contributed by atoms with Crippen LogP contribution in [0.3, 0.4) is 0 Å². The number of aromatic nitrogens is 1. The minimum atomic E-state index is 0.484. The molecule has 0 saturated heterocycles. The molecule has 0 unspecified atom stereocenters. The lowest BCUT2D eigenvalue weighted by molar-refractivity contribution is 0.302. The molecule has 0 saturated carbocycles. The molecule has 5 heteroatoms. The molecule has 0 aliphatic rings. The summed E-state index contributed by atoms with van der Waals surface area (Å²) in [6, 6.07) is 5.61. The minimum Gasteiger partial charge on any atom is -0.486 e. The Labute approximate surface area is 116 Å². The summed E-state index contributed by atoms with van der Waals surface area (Å²) in [5, 5.41) is 3.69. The number of nitrogens with zero attached hydrogens (tertiary/aromatic N) is 1. The number of thiazole rings is 1. The molecular weight excluding hydrogens is 268 g/mol. The molecule has 1 aromatic carbocycles. The van der Waals surface area contributed by atoms with E-state index in [-0.39, 0.29) is 0 Å². The average molecular weight is 283 g/mol. The Kier molecular flexibility index (Phi) is 4.58. The van der Waals surface area contributed by atoms with Gasteiger partial charge in [-0.25, -0.2) is 4.98 Å². The van der Waals surface area contributed by atoms with E-state index in [4.69, 9.17) is 22.1 Å². The summed E-state index contributed by atoms with van der Waals surface area (Å²) in [7, 11) is 0. The molecule has 0 aliphatic carbocycles. The van der Waals surface area contributed by atoms with Gasteiger partial charge in [-0.15, -0.1) is 11.3 Å². The van der Waals surface area contributed by atoms with Crippen molar-refractivity contribution in [1.29, 1.82) is 0 Å². The highest BCUT2D eigenvalue weighted by Gasteiger charge is 2.06. The van der Waals surface area contributed by atoms with Crippen molar-refractivity contribution in [1.82, 2.24) is 4.98 Å². The zero-order chi connectivity index (χ0) is 13.0.